The highest BCUT2D eigenvalue weighted by Gasteiger charge is 2.54. The molecule has 0 bridgehead atoms. The van der Waals surface area contributed by atoms with E-state index in [1.54, 1.807) is 0 Å². The Hall–Kier alpha value is -3.17. The summed E-state index contributed by atoms with van der Waals surface area (Å²) in [4.78, 5) is 0. The molecule has 6 heteroatoms. The number of allylic oxidation sites excluding steroid dienone is 1. The molecule has 3 aliphatic rings. The molecule has 0 saturated carbocycles. The van der Waals surface area contributed by atoms with E-state index in [0.717, 1.165) is 23.8 Å². The van der Waals surface area contributed by atoms with Crippen molar-refractivity contribution in [2.24, 2.45) is 0 Å². The van der Waals surface area contributed by atoms with Crippen LogP contribution in [0.25, 0.3) is 11.1 Å². The molecule has 2 aromatic carbocycles. The molecule has 0 radical (unpaired) electrons. The van der Waals surface area contributed by atoms with E-state index < -0.39 is 42.1 Å². The molecule has 5 rings (SSSR count). The maximum atomic E-state index is 6.52. The number of rotatable bonds is 10. The standard InChI is InChI=1S/C41H50B2O4/c1-11-13-15-17-19-21-27-41(28-22-20-18-16-14-12-2)35-29-31(42-44-37(3,4)38(5,6)45-42)23-25-33(35)34-26-24-32(30-36(34)41)43-46-39(7,8)40(9,10)47-43/h23-27,29-30H,1,12,14,16,18,20,22,28H2,2-10H3. The van der Waals surface area contributed by atoms with Gasteiger partial charge < -0.3 is 18.6 Å². The van der Waals surface area contributed by atoms with Crippen LogP contribution in [0, 0.1) is 0 Å². The fourth-order valence-electron chi connectivity index (χ4n) is 6.71. The molecule has 0 spiro atoms. The van der Waals surface area contributed by atoms with Crippen LogP contribution in [-0.2, 0) is 24.0 Å². The van der Waals surface area contributed by atoms with Crippen LogP contribution < -0.4 is 10.9 Å². The fraction of sp³-hybridized carbons (Fsp3) is 0.512. The SMILES string of the molecule is C=C=C=C=C=C=C=CC1(CCCCCCCC)c2cc(B3OC(C)(C)C(C)(C)O3)ccc2-c2ccc(B3OC(C)(C)C(C)(C)O3)cc21. The second-order valence-electron chi connectivity index (χ2n) is 15.2. The molecule has 244 valence electrons. The first kappa shape index (κ1) is 35.1. The van der Waals surface area contributed by atoms with Crippen molar-refractivity contribution >= 4 is 25.2 Å². The fourth-order valence-corrected chi connectivity index (χ4v) is 6.71. The summed E-state index contributed by atoms with van der Waals surface area (Å²) in [5.74, 6) is 0. The lowest BCUT2D eigenvalue weighted by molar-refractivity contribution is 0.00578. The first-order valence-corrected chi connectivity index (χ1v) is 17.3. The third-order valence-corrected chi connectivity index (χ3v) is 11.0. The zero-order chi connectivity index (χ0) is 34.1. The highest BCUT2D eigenvalue weighted by Crippen LogP contribution is 2.52. The van der Waals surface area contributed by atoms with Gasteiger partial charge in [-0.2, -0.15) is 0 Å². The van der Waals surface area contributed by atoms with Crippen molar-refractivity contribution in [2.75, 3.05) is 0 Å². The molecule has 0 N–H and O–H groups in total. The van der Waals surface area contributed by atoms with Gasteiger partial charge in [-0.25, -0.2) is 0 Å². The Balaban J connectivity index is 1.67. The Morgan fingerprint density at radius 2 is 1.06 bits per heavy atom. The molecular formula is C41H50B2O4. The molecule has 47 heavy (non-hydrogen) atoms. The molecule has 2 fully saturated rings. The van der Waals surface area contributed by atoms with E-state index in [1.165, 1.54) is 54.4 Å². The van der Waals surface area contributed by atoms with Crippen molar-refractivity contribution in [3.63, 3.8) is 0 Å². The largest absolute Gasteiger partial charge is 0.494 e. The van der Waals surface area contributed by atoms with Crippen molar-refractivity contribution in [2.45, 2.75) is 135 Å². The van der Waals surface area contributed by atoms with Crippen LogP contribution in [0.5, 0.6) is 0 Å². The summed E-state index contributed by atoms with van der Waals surface area (Å²) in [5.41, 5.74) is 22.0. The van der Waals surface area contributed by atoms with Gasteiger partial charge in [0.2, 0.25) is 0 Å². The molecule has 0 unspecified atom stereocenters. The summed E-state index contributed by atoms with van der Waals surface area (Å²) >= 11 is 0. The van der Waals surface area contributed by atoms with E-state index >= 15 is 0 Å². The van der Waals surface area contributed by atoms with Crippen LogP contribution in [0.3, 0.4) is 0 Å². The lowest BCUT2D eigenvalue weighted by atomic mass is 9.69. The van der Waals surface area contributed by atoms with Crippen LogP contribution in [0.2, 0.25) is 0 Å². The van der Waals surface area contributed by atoms with Crippen molar-refractivity contribution in [3.8, 4) is 11.1 Å². The molecule has 4 nitrogen and oxygen atoms in total. The minimum atomic E-state index is -0.471. The summed E-state index contributed by atoms with van der Waals surface area (Å²) in [6, 6.07) is 13.4. The molecular weight excluding hydrogens is 578 g/mol. The van der Waals surface area contributed by atoms with Crippen molar-refractivity contribution in [1.29, 1.82) is 0 Å². The van der Waals surface area contributed by atoms with Gasteiger partial charge in [0.25, 0.3) is 0 Å². The first-order chi connectivity index (χ1) is 22.2. The maximum Gasteiger partial charge on any atom is 0.494 e. The third kappa shape index (κ3) is 6.75. The van der Waals surface area contributed by atoms with Crippen molar-refractivity contribution < 1.29 is 18.6 Å². The topological polar surface area (TPSA) is 36.9 Å². The van der Waals surface area contributed by atoms with E-state index in [1.807, 2.05) is 0 Å². The number of hydrogen-bond acceptors (Lipinski definition) is 4. The number of hydrogen-bond donors (Lipinski definition) is 0. The average molecular weight is 628 g/mol. The van der Waals surface area contributed by atoms with E-state index in [2.05, 4.69) is 146 Å². The summed E-state index contributed by atoms with van der Waals surface area (Å²) < 4.78 is 26.1. The van der Waals surface area contributed by atoms with E-state index in [4.69, 9.17) is 18.6 Å². The Bertz CT molecular complexity index is 1630. The van der Waals surface area contributed by atoms with Gasteiger partial charge in [0.15, 0.2) is 0 Å². The van der Waals surface area contributed by atoms with Gasteiger partial charge in [0, 0.05) is 5.41 Å². The Morgan fingerprint density at radius 3 is 1.53 bits per heavy atom. The minimum Gasteiger partial charge on any atom is -0.399 e. The summed E-state index contributed by atoms with van der Waals surface area (Å²) in [6.07, 6.45) is 10.3. The summed E-state index contributed by atoms with van der Waals surface area (Å²) in [5, 5.41) is 0. The minimum absolute atomic E-state index is 0.430. The predicted molar refractivity (Wildman–Crippen MR) is 193 cm³/mol. The molecule has 2 aromatic rings. The molecule has 0 amide bonds. The second-order valence-corrected chi connectivity index (χ2v) is 15.2. The van der Waals surface area contributed by atoms with Crippen LogP contribution in [0.1, 0.15) is 118 Å². The molecule has 1 aliphatic carbocycles. The van der Waals surface area contributed by atoms with Gasteiger partial charge in [-0.05, 0) is 131 Å². The molecule has 2 saturated heterocycles. The third-order valence-electron chi connectivity index (χ3n) is 11.0. The number of fused-ring (bicyclic) bond motifs is 3. The van der Waals surface area contributed by atoms with E-state index in [0.29, 0.717) is 0 Å². The summed E-state index contributed by atoms with van der Waals surface area (Å²) in [7, 11) is -0.918. The lowest BCUT2D eigenvalue weighted by Crippen LogP contribution is -2.41. The Kier molecular flexibility index (Phi) is 10.0. The van der Waals surface area contributed by atoms with E-state index in [-0.39, 0.29) is 0 Å². The highest BCUT2D eigenvalue weighted by molar-refractivity contribution is 6.62. The zero-order valence-electron chi connectivity index (χ0n) is 30.0. The quantitative estimate of drug-likeness (QED) is 0.150. The van der Waals surface area contributed by atoms with Crippen LogP contribution in [0.4, 0.5) is 0 Å². The van der Waals surface area contributed by atoms with Gasteiger partial charge >= 0.3 is 14.2 Å². The van der Waals surface area contributed by atoms with Crippen LogP contribution in [-0.4, -0.2) is 36.6 Å². The highest BCUT2D eigenvalue weighted by atomic mass is 16.7. The normalized spacial score (nSPS) is 20.2. The second kappa shape index (κ2) is 13.4. The van der Waals surface area contributed by atoms with Crippen LogP contribution in [0.15, 0.2) is 83.4 Å². The summed E-state index contributed by atoms with van der Waals surface area (Å²) in [6.45, 7) is 22.6. The van der Waals surface area contributed by atoms with Gasteiger partial charge in [-0.15, -0.1) is 0 Å². The monoisotopic (exact) mass is 628 g/mol. The molecule has 0 aromatic heterocycles. The van der Waals surface area contributed by atoms with Gasteiger partial charge in [-0.3, -0.25) is 0 Å². The average Bonchev–Trinajstić information content (AvgIpc) is 3.50. The maximum absolute atomic E-state index is 6.52. The van der Waals surface area contributed by atoms with E-state index in [9.17, 15) is 0 Å². The van der Waals surface area contributed by atoms with Crippen molar-refractivity contribution in [1.82, 2.24) is 0 Å². The van der Waals surface area contributed by atoms with Gasteiger partial charge in [-0.1, -0.05) is 93.3 Å². The van der Waals surface area contributed by atoms with Crippen LogP contribution >= 0.6 is 0 Å². The van der Waals surface area contributed by atoms with Gasteiger partial charge in [0.05, 0.1) is 22.4 Å². The number of benzene rings is 2. The lowest BCUT2D eigenvalue weighted by Gasteiger charge is -2.32. The van der Waals surface area contributed by atoms with Crippen molar-refractivity contribution in [3.05, 3.63) is 94.6 Å². The molecule has 2 heterocycles. The first-order valence-electron chi connectivity index (χ1n) is 17.3. The zero-order valence-corrected chi connectivity index (χ0v) is 30.0. The predicted octanol–water partition coefficient (Wildman–Crippen LogP) is 8.42. The van der Waals surface area contributed by atoms with Gasteiger partial charge in [0.1, 0.15) is 0 Å². The smallest absolute Gasteiger partial charge is 0.399 e. The Labute approximate surface area is 283 Å². The molecule has 2 aliphatic heterocycles. The Morgan fingerprint density at radius 1 is 0.617 bits per heavy atom. The molecule has 0 atom stereocenters. The number of unbranched alkanes of at least 4 members (excludes halogenated alkanes) is 5.